The van der Waals surface area contributed by atoms with Gasteiger partial charge in [-0.1, -0.05) is 57.0 Å². The van der Waals surface area contributed by atoms with Gasteiger partial charge in [-0.2, -0.15) is 0 Å². The predicted molar refractivity (Wildman–Crippen MR) is 89.2 cm³/mol. The number of benzene rings is 1. The Labute approximate surface area is 138 Å². The summed E-state index contributed by atoms with van der Waals surface area (Å²) in [5.41, 5.74) is 0.957. The third-order valence-corrected chi connectivity index (χ3v) is 3.33. The van der Waals surface area contributed by atoms with Crippen LogP contribution in [0.15, 0.2) is 30.3 Å². The molecule has 0 aliphatic heterocycles. The van der Waals surface area contributed by atoms with Crippen LogP contribution < -0.4 is 5.32 Å². The molecule has 1 atom stereocenters. The van der Waals surface area contributed by atoms with Crippen molar-refractivity contribution in [2.24, 2.45) is 0 Å². The number of nitrogens with one attached hydrogen (secondary N) is 1. The van der Waals surface area contributed by atoms with Gasteiger partial charge >= 0.3 is 12.1 Å². The molecule has 0 aliphatic rings. The van der Waals surface area contributed by atoms with E-state index in [1.807, 2.05) is 44.2 Å². The van der Waals surface area contributed by atoms with E-state index in [0.717, 1.165) is 31.2 Å². The molecule has 0 saturated carbocycles. The van der Waals surface area contributed by atoms with Crippen LogP contribution in [0.5, 0.6) is 0 Å². The largest absolute Gasteiger partial charge is 0.464 e. The lowest BCUT2D eigenvalue weighted by molar-refractivity contribution is -0.146. The monoisotopic (exact) mass is 321 g/mol. The van der Waals surface area contributed by atoms with Crippen LogP contribution in [-0.4, -0.2) is 31.3 Å². The van der Waals surface area contributed by atoms with Crippen LogP contribution in [0.25, 0.3) is 0 Å². The Morgan fingerprint density at radius 2 is 1.61 bits per heavy atom. The van der Waals surface area contributed by atoms with Crippen molar-refractivity contribution in [2.75, 3.05) is 13.2 Å². The van der Waals surface area contributed by atoms with E-state index in [4.69, 9.17) is 9.47 Å². The Morgan fingerprint density at radius 3 is 2.22 bits per heavy atom. The number of ether oxygens (including phenoxy) is 2. The van der Waals surface area contributed by atoms with Gasteiger partial charge in [-0.15, -0.1) is 0 Å². The van der Waals surface area contributed by atoms with Gasteiger partial charge in [-0.3, -0.25) is 0 Å². The minimum atomic E-state index is -0.733. The molecular formula is C18H27NO4. The molecular weight excluding hydrogens is 294 g/mol. The lowest BCUT2D eigenvalue weighted by Crippen LogP contribution is -2.43. The molecule has 0 bridgehead atoms. The average molecular weight is 321 g/mol. The molecule has 0 saturated heterocycles. The zero-order chi connectivity index (χ0) is 16.9. The van der Waals surface area contributed by atoms with Gasteiger partial charge in [0.2, 0.25) is 0 Å². The summed E-state index contributed by atoms with van der Waals surface area (Å²) in [6.07, 6.45) is 3.31. The maximum atomic E-state index is 12.2. The van der Waals surface area contributed by atoms with Crippen molar-refractivity contribution >= 4 is 12.1 Å². The highest BCUT2D eigenvalue weighted by atomic mass is 16.6. The van der Waals surface area contributed by atoms with Crippen LogP contribution >= 0.6 is 0 Å². The zero-order valence-corrected chi connectivity index (χ0v) is 14.0. The molecule has 0 heterocycles. The first kappa shape index (κ1) is 19.0. The second kappa shape index (κ2) is 11.5. The van der Waals surface area contributed by atoms with E-state index in [1.165, 1.54) is 0 Å². The van der Waals surface area contributed by atoms with Crippen molar-refractivity contribution in [2.45, 2.75) is 52.0 Å². The average Bonchev–Trinajstić information content (AvgIpc) is 2.55. The first-order chi connectivity index (χ1) is 11.2. The number of hydrogen-bond donors (Lipinski definition) is 1. The first-order valence-electron chi connectivity index (χ1n) is 8.31. The van der Waals surface area contributed by atoms with E-state index >= 15 is 0 Å². The number of carbonyl (C=O) groups excluding carboxylic acids is 2. The molecule has 0 aliphatic carbocycles. The van der Waals surface area contributed by atoms with Crippen LogP contribution in [0.1, 0.15) is 45.1 Å². The normalized spacial score (nSPS) is 11.6. The van der Waals surface area contributed by atoms with Crippen molar-refractivity contribution in [3.05, 3.63) is 35.9 Å². The number of alkyl carbamates (subject to hydrolysis) is 1. The summed E-state index contributed by atoms with van der Waals surface area (Å²) in [6.45, 7) is 4.77. The number of unbranched alkanes of at least 4 members (excludes halogenated alkanes) is 2. The molecule has 0 fully saturated rings. The summed E-state index contributed by atoms with van der Waals surface area (Å²) in [5.74, 6) is -0.422. The molecule has 128 valence electrons. The second-order valence-electron chi connectivity index (χ2n) is 5.40. The van der Waals surface area contributed by atoms with Crippen molar-refractivity contribution in [3.8, 4) is 0 Å². The topological polar surface area (TPSA) is 64.6 Å². The lowest BCUT2D eigenvalue weighted by Gasteiger charge is -2.17. The van der Waals surface area contributed by atoms with Gasteiger partial charge < -0.3 is 14.8 Å². The molecule has 5 heteroatoms. The van der Waals surface area contributed by atoms with Crippen LogP contribution in [0, 0.1) is 0 Å². The fourth-order valence-corrected chi connectivity index (χ4v) is 1.95. The Kier molecular flexibility index (Phi) is 9.52. The van der Waals surface area contributed by atoms with Gasteiger partial charge in [0.15, 0.2) is 0 Å². The first-order valence-corrected chi connectivity index (χ1v) is 8.31. The Bertz CT molecular complexity index is 461. The molecule has 0 unspecified atom stereocenters. The van der Waals surface area contributed by atoms with Gasteiger partial charge in [0.05, 0.1) is 13.2 Å². The lowest BCUT2D eigenvalue weighted by atomic mass is 10.1. The third kappa shape index (κ3) is 8.24. The van der Waals surface area contributed by atoms with Gasteiger partial charge in [0.1, 0.15) is 6.04 Å². The molecule has 1 amide bonds. The summed E-state index contributed by atoms with van der Waals surface area (Å²) in [5, 5.41) is 2.62. The highest BCUT2D eigenvalue weighted by Gasteiger charge is 2.23. The third-order valence-electron chi connectivity index (χ3n) is 3.33. The zero-order valence-electron chi connectivity index (χ0n) is 14.0. The maximum Gasteiger partial charge on any atom is 0.407 e. The van der Waals surface area contributed by atoms with Gasteiger partial charge in [-0.05, 0) is 18.4 Å². The summed E-state index contributed by atoms with van der Waals surface area (Å²) in [4.78, 5) is 24.0. The molecule has 0 radical (unpaired) electrons. The molecule has 1 N–H and O–H groups in total. The minimum absolute atomic E-state index is 0.352. The quantitative estimate of drug-likeness (QED) is 0.529. The highest BCUT2D eigenvalue weighted by molar-refractivity contribution is 5.81. The van der Waals surface area contributed by atoms with E-state index in [1.54, 1.807) is 0 Å². The SMILES string of the molecule is CCCCOC(=O)N[C@@H](Cc1ccccc1)C(=O)OCCCC. The van der Waals surface area contributed by atoms with Gasteiger partial charge in [0, 0.05) is 6.42 Å². The van der Waals surface area contributed by atoms with Crippen LogP contribution in [0.3, 0.4) is 0 Å². The highest BCUT2D eigenvalue weighted by Crippen LogP contribution is 2.06. The maximum absolute atomic E-state index is 12.2. The second-order valence-corrected chi connectivity index (χ2v) is 5.40. The molecule has 1 aromatic carbocycles. The molecule has 0 aromatic heterocycles. The van der Waals surface area contributed by atoms with Crippen LogP contribution in [0.4, 0.5) is 4.79 Å². The molecule has 23 heavy (non-hydrogen) atoms. The summed E-state index contributed by atoms with van der Waals surface area (Å²) < 4.78 is 10.3. The van der Waals surface area contributed by atoms with Gasteiger partial charge in [0.25, 0.3) is 0 Å². The standard InChI is InChI=1S/C18H27NO4/c1-3-5-12-22-17(20)16(14-15-10-8-7-9-11-15)19-18(21)23-13-6-4-2/h7-11,16H,3-6,12-14H2,1-2H3,(H,19,21)/t16-/m0/s1. The van der Waals surface area contributed by atoms with Crippen LogP contribution in [-0.2, 0) is 20.7 Å². The van der Waals surface area contributed by atoms with E-state index in [0.29, 0.717) is 19.6 Å². The Morgan fingerprint density at radius 1 is 1.00 bits per heavy atom. The predicted octanol–water partition coefficient (Wildman–Crippen LogP) is 3.47. The summed E-state index contributed by atoms with van der Waals surface area (Å²) >= 11 is 0. The smallest absolute Gasteiger partial charge is 0.407 e. The minimum Gasteiger partial charge on any atom is -0.464 e. The molecule has 0 spiro atoms. The van der Waals surface area contributed by atoms with Crippen molar-refractivity contribution in [3.63, 3.8) is 0 Å². The number of hydrogen-bond acceptors (Lipinski definition) is 4. The van der Waals surface area contributed by atoms with Gasteiger partial charge in [-0.25, -0.2) is 9.59 Å². The fourth-order valence-electron chi connectivity index (χ4n) is 1.95. The number of amides is 1. The number of esters is 1. The van der Waals surface area contributed by atoms with Crippen molar-refractivity contribution in [1.82, 2.24) is 5.32 Å². The Balaban J connectivity index is 2.60. The number of rotatable bonds is 10. The van der Waals surface area contributed by atoms with E-state index in [2.05, 4.69) is 5.32 Å². The van der Waals surface area contributed by atoms with E-state index in [-0.39, 0.29) is 0 Å². The van der Waals surface area contributed by atoms with Crippen LogP contribution in [0.2, 0.25) is 0 Å². The molecule has 1 aromatic rings. The van der Waals surface area contributed by atoms with E-state index in [9.17, 15) is 9.59 Å². The summed E-state index contributed by atoms with van der Waals surface area (Å²) in [6, 6.07) is 8.79. The fraction of sp³-hybridized carbons (Fsp3) is 0.556. The molecule has 5 nitrogen and oxygen atoms in total. The number of carbonyl (C=O) groups is 2. The summed E-state index contributed by atoms with van der Waals surface area (Å²) in [7, 11) is 0. The Hall–Kier alpha value is -2.04. The molecule has 1 rings (SSSR count). The van der Waals surface area contributed by atoms with E-state index < -0.39 is 18.1 Å². The van der Waals surface area contributed by atoms with Crippen molar-refractivity contribution in [1.29, 1.82) is 0 Å². The van der Waals surface area contributed by atoms with Crippen molar-refractivity contribution < 1.29 is 19.1 Å².